The Morgan fingerprint density at radius 3 is 2.75 bits per heavy atom. The molecule has 2 aromatic heterocycles. The zero-order valence-electron chi connectivity index (χ0n) is 13.5. The molecule has 2 aromatic rings. The summed E-state index contributed by atoms with van der Waals surface area (Å²) in [5.41, 5.74) is 0.498. The van der Waals surface area contributed by atoms with Crippen LogP contribution in [0.1, 0.15) is 26.2 Å². The fourth-order valence-corrected chi connectivity index (χ4v) is 5.39. The highest BCUT2D eigenvalue weighted by Gasteiger charge is 2.33. The maximum Gasteiger partial charge on any atom is 0.245 e. The molecule has 1 fully saturated rings. The Bertz CT molecular complexity index is 788. The molecular weight excluding hydrogens is 371 g/mol. The van der Waals surface area contributed by atoms with Gasteiger partial charge in [0.05, 0.1) is 10.4 Å². The molecule has 1 aliphatic rings. The normalized spacial score (nSPS) is 16.5. The Balaban J connectivity index is 0.00000208. The van der Waals surface area contributed by atoms with Gasteiger partial charge < -0.3 is 10.3 Å². The van der Waals surface area contributed by atoms with E-state index >= 15 is 0 Å². The van der Waals surface area contributed by atoms with Crippen molar-refractivity contribution in [1.82, 2.24) is 19.6 Å². The molecule has 1 aliphatic heterocycles. The van der Waals surface area contributed by atoms with Crippen LogP contribution in [0.2, 0.25) is 5.02 Å². The van der Waals surface area contributed by atoms with Gasteiger partial charge in [0.25, 0.3) is 0 Å². The highest BCUT2D eigenvalue weighted by atomic mass is 35.5. The van der Waals surface area contributed by atoms with E-state index < -0.39 is 10.0 Å². The number of hydrogen-bond acceptors (Lipinski definition) is 4. The van der Waals surface area contributed by atoms with Crippen molar-refractivity contribution in [1.29, 1.82) is 0 Å². The van der Waals surface area contributed by atoms with Gasteiger partial charge in [0.2, 0.25) is 10.0 Å². The molecule has 0 amide bonds. The van der Waals surface area contributed by atoms with Gasteiger partial charge in [-0.05, 0) is 38.4 Å². The Morgan fingerprint density at radius 1 is 1.38 bits per heavy atom. The predicted octanol–water partition coefficient (Wildman–Crippen LogP) is 2.79. The van der Waals surface area contributed by atoms with E-state index in [0.29, 0.717) is 22.6 Å². The summed E-state index contributed by atoms with van der Waals surface area (Å²) in [4.78, 5) is 7.30. The second-order valence-corrected chi connectivity index (χ2v) is 8.03. The van der Waals surface area contributed by atoms with Crippen LogP contribution in [0.25, 0.3) is 11.0 Å². The van der Waals surface area contributed by atoms with Gasteiger partial charge in [0, 0.05) is 25.0 Å². The Morgan fingerprint density at radius 2 is 2.08 bits per heavy atom. The molecule has 0 aliphatic carbocycles. The van der Waals surface area contributed by atoms with Gasteiger partial charge in [-0.1, -0.05) is 18.5 Å². The molecule has 134 valence electrons. The van der Waals surface area contributed by atoms with E-state index in [9.17, 15) is 8.42 Å². The maximum atomic E-state index is 13.2. The average Bonchev–Trinajstić information content (AvgIpc) is 2.99. The van der Waals surface area contributed by atoms with Crippen LogP contribution in [-0.2, 0) is 10.0 Å². The van der Waals surface area contributed by atoms with E-state index in [1.165, 1.54) is 6.20 Å². The van der Waals surface area contributed by atoms with Crippen molar-refractivity contribution in [2.75, 3.05) is 19.6 Å². The molecule has 24 heavy (non-hydrogen) atoms. The lowest BCUT2D eigenvalue weighted by atomic mass is 10.1. The number of pyridine rings is 1. The number of piperidine rings is 1. The van der Waals surface area contributed by atoms with Crippen molar-refractivity contribution in [3.05, 3.63) is 23.5 Å². The van der Waals surface area contributed by atoms with Crippen LogP contribution in [-0.4, -0.2) is 48.4 Å². The summed E-state index contributed by atoms with van der Waals surface area (Å²) in [7, 11) is -3.62. The van der Waals surface area contributed by atoms with Gasteiger partial charge >= 0.3 is 0 Å². The molecule has 0 atom stereocenters. The molecule has 1 saturated heterocycles. The second-order valence-electron chi connectivity index (χ2n) is 5.77. The van der Waals surface area contributed by atoms with Gasteiger partial charge in [-0.25, -0.2) is 13.4 Å². The average molecular weight is 393 g/mol. The van der Waals surface area contributed by atoms with E-state index in [1.54, 1.807) is 16.6 Å². The summed E-state index contributed by atoms with van der Waals surface area (Å²) in [6, 6.07) is 1.65. The van der Waals surface area contributed by atoms with Gasteiger partial charge in [-0.3, -0.25) is 0 Å². The number of halogens is 2. The van der Waals surface area contributed by atoms with Gasteiger partial charge in [-0.15, -0.1) is 12.4 Å². The number of aromatic amines is 1. The maximum absolute atomic E-state index is 13.2. The first kappa shape index (κ1) is 19.5. The van der Waals surface area contributed by atoms with Crippen molar-refractivity contribution in [3.63, 3.8) is 0 Å². The molecule has 0 spiro atoms. The molecule has 0 radical (unpaired) electrons. The summed E-state index contributed by atoms with van der Waals surface area (Å²) in [5, 5.41) is 4.15. The number of nitrogens with one attached hydrogen (secondary N) is 2. The Hall–Kier alpha value is -0.860. The first-order chi connectivity index (χ1) is 11.1. The number of rotatable bonds is 5. The van der Waals surface area contributed by atoms with Crippen molar-refractivity contribution >= 4 is 45.1 Å². The lowest BCUT2D eigenvalue weighted by Gasteiger charge is -2.33. The quantitative estimate of drug-likeness (QED) is 0.819. The number of sulfonamides is 1. The molecule has 6 nitrogen and oxygen atoms in total. The van der Waals surface area contributed by atoms with Crippen LogP contribution < -0.4 is 5.32 Å². The summed E-state index contributed by atoms with van der Waals surface area (Å²) >= 11 is 6.22. The number of aromatic nitrogens is 2. The number of H-pyrrole nitrogens is 1. The fraction of sp³-hybridized carbons (Fsp3) is 0.533. The highest BCUT2D eigenvalue weighted by molar-refractivity contribution is 7.89. The van der Waals surface area contributed by atoms with Crippen molar-refractivity contribution < 1.29 is 8.42 Å². The van der Waals surface area contributed by atoms with Crippen molar-refractivity contribution in [2.45, 2.75) is 37.1 Å². The first-order valence-electron chi connectivity index (χ1n) is 7.90. The summed E-state index contributed by atoms with van der Waals surface area (Å²) in [6.07, 6.45) is 5.50. The number of hydrogen-bond donors (Lipinski definition) is 2. The van der Waals surface area contributed by atoms with Crippen LogP contribution >= 0.6 is 24.0 Å². The van der Waals surface area contributed by atoms with Gasteiger partial charge in [0.15, 0.2) is 0 Å². The van der Waals surface area contributed by atoms with Crippen LogP contribution in [0.4, 0.5) is 0 Å². The largest absolute Gasteiger partial charge is 0.345 e. The van der Waals surface area contributed by atoms with Gasteiger partial charge in [0.1, 0.15) is 10.5 Å². The zero-order valence-corrected chi connectivity index (χ0v) is 15.8. The van der Waals surface area contributed by atoms with Gasteiger partial charge in [-0.2, -0.15) is 4.31 Å². The number of nitrogens with zero attached hydrogens (tertiary/aromatic N) is 2. The highest BCUT2D eigenvalue weighted by Crippen LogP contribution is 2.32. The van der Waals surface area contributed by atoms with Crippen LogP contribution in [0, 0.1) is 0 Å². The molecule has 3 rings (SSSR count). The van der Waals surface area contributed by atoms with E-state index in [1.807, 2.05) is 6.92 Å². The van der Waals surface area contributed by atoms with E-state index in [-0.39, 0.29) is 23.3 Å². The molecule has 0 aromatic carbocycles. The molecular formula is C15H22Cl2N4O2S. The zero-order chi connectivity index (χ0) is 16.4. The smallest absolute Gasteiger partial charge is 0.245 e. The lowest BCUT2D eigenvalue weighted by molar-refractivity contribution is 0.262. The van der Waals surface area contributed by atoms with E-state index in [4.69, 9.17) is 11.6 Å². The van der Waals surface area contributed by atoms with E-state index in [0.717, 1.165) is 32.4 Å². The Labute approximate surface area is 153 Å². The monoisotopic (exact) mass is 392 g/mol. The molecule has 9 heteroatoms. The van der Waals surface area contributed by atoms with Crippen LogP contribution in [0.15, 0.2) is 23.4 Å². The fourth-order valence-electron chi connectivity index (χ4n) is 3.13. The third-order valence-corrected chi connectivity index (χ3v) is 6.52. The minimum Gasteiger partial charge on any atom is -0.345 e. The summed E-state index contributed by atoms with van der Waals surface area (Å²) in [5.74, 6) is 0. The van der Waals surface area contributed by atoms with Crippen molar-refractivity contribution in [2.24, 2.45) is 0 Å². The molecule has 0 bridgehead atoms. The van der Waals surface area contributed by atoms with Crippen molar-refractivity contribution in [3.8, 4) is 0 Å². The number of fused-ring (bicyclic) bond motifs is 1. The minimum absolute atomic E-state index is 0. The van der Waals surface area contributed by atoms with Crippen LogP contribution in [0.3, 0.4) is 0 Å². The summed E-state index contributed by atoms with van der Waals surface area (Å²) < 4.78 is 28.1. The SMILES string of the molecule is CCCN(C1CCNCC1)S(=O)(=O)c1c[nH]c2nccc(Cl)c12.Cl. The molecule has 0 unspecified atom stereocenters. The Kier molecular flexibility index (Phi) is 6.50. The lowest BCUT2D eigenvalue weighted by Crippen LogP contribution is -2.46. The molecule has 3 heterocycles. The minimum atomic E-state index is -3.62. The summed E-state index contributed by atoms with van der Waals surface area (Å²) in [6.45, 7) is 4.19. The topological polar surface area (TPSA) is 78.1 Å². The van der Waals surface area contributed by atoms with Crippen LogP contribution in [0.5, 0.6) is 0 Å². The standard InChI is InChI=1S/C15H21ClN4O2S.ClH/c1-2-9-20(11-3-6-17-7-4-11)23(21,22)13-10-19-15-14(13)12(16)5-8-18-15;/h5,8,10-11,17H,2-4,6-7,9H2,1H3,(H,18,19);1H. The third kappa shape index (κ3) is 3.55. The first-order valence-corrected chi connectivity index (χ1v) is 9.71. The second kappa shape index (κ2) is 8.01. The molecule has 2 N–H and O–H groups in total. The van der Waals surface area contributed by atoms with E-state index in [2.05, 4.69) is 15.3 Å². The third-order valence-electron chi connectivity index (χ3n) is 4.23. The molecule has 0 saturated carbocycles. The predicted molar refractivity (Wildman–Crippen MR) is 98.4 cm³/mol.